The minimum atomic E-state index is -0.962. The average molecular weight is 380 g/mol. The lowest BCUT2D eigenvalue weighted by Crippen LogP contribution is -2.45. The maximum atomic E-state index is 12.6. The van der Waals surface area contributed by atoms with Gasteiger partial charge in [-0.3, -0.25) is 9.59 Å². The van der Waals surface area contributed by atoms with Crippen molar-refractivity contribution in [2.45, 2.75) is 19.3 Å². The molecule has 6 heteroatoms. The van der Waals surface area contributed by atoms with Crippen LogP contribution < -0.4 is 5.32 Å². The van der Waals surface area contributed by atoms with Crippen LogP contribution in [-0.2, 0) is 11.2 Å². The second kappa shape index (κ2) is 9.17. The van der Waals surface area contributed by atoms with E-state index in [1.807, 2.05) is 24.3 Å². The summed E-state index contributed by atoms with van der Waals surface area (Å²) in [6.45, 7) is 1.53. The van der Waals surface area contributed by atoms with Gasteiger partial charge in [0.2, 0.25) is 5.91 Å². The molecule has 1 unspecified atom stereocenters. The van der Waals surface area contributed by atoms with Crippen LogP contribution in [0.3, 0.4) is 0 Å². The van der Waals surface area contributed by atoms with Gasteiger partial charge >= 0.3 is 5.97 Å². The number of benzene rings is 2. The molecule has 6 nitrogen and oxygen atoms in total. The van der Waals surface area contributed by atoms with Crippen molar-refractivity contribution >= 4 is 17.8 Å². The van der Waals surface area contributed by atoms with E-state index in [0.29, 0.717) is 31.6 Å². The Labute approximate surface area is 164 Å². The van der Waals surface area contributed by atoms with Crippen molar-refractivity contribution in [3.05, 3.63) is 71.3 Å². The highest BCUT2D eigenvalue weighted by Gasteiger charge is 2.28. The van der Waals surface area contributed by atoms with Crippen molar-refractivity contribution < 1.29 is 19.5 Å². The van der Waals surface area contributed by atoms with Gasteiger partial charge in [-0.1, -0.05) is 30.3 Å². The molecule has 28 heavy (non-hydrogen) atoms. The number of carbonyl (C=O) groups excluding carboxylic acids is 2. The van der Waals surface area contributed by atoms with Crippen molar-refractivity contribution in [3.63, 3.8) is 0 Å². The molecule has 1 aliphatic rings. The van der Waals surface area contributed by atoms with Crippen LogP contribution >= 0.6 is 0 Å². The van der Waals surface area contributed by atoms with Gasteiger partial charge in [0, 0.05) is 25.2 Å². The van der Waals surface area contributed by atoms with Gasteiger partial charge < -0.3 is 15.3 Å². The van der Waals surface area contributed by atoms with Gasteiger partial charge in [-0.15, -0.1) is 0 Å². The Morgan fingerprint density at radius 1 is 1.04 bits per heavy atom. The number of hydrogen-bond acceptors (Lipinski definition) is 3. The standard InChI is InChI=1S/C22H24N2O4/c25-20(23-12-11-16-6-4-9-18(14-16)22(27)28)19-10-5-13-24(15-19)21(26)17-7-2-1-3-8-17/h1-4,6-9,14,19H,5,10-13,15H2,(H,23,25)(H,27,28). The smallest absolute Gasteiger partial charge is 0.335 e. The number of aromatic carboxylic acids is 1. The van der Waals surface area contributed by atoms with Crippen LogP contribution in [-0.4, -0.2) is 47.4 Å². The van der Waals surface area contributed by atoms with Gasteiger partial charge in [0.1, 0.15) is 0 Å². The van der Waals surface area contributed by atoms with Crippen LogP contribution in [0.4, 0.5) is 0 Å². The Hall–Kier alpha value is -3.15. The van der Waals surface area contributed by atoms with E-state index in [2.05, 4.69) is 5.32 Å². The zero-order chi connectivity index (χ0) is 19.9. The lowest BCUT2D eigenvalue weighted by atomic mass is 9.96. The molecule has 2 N–H and O–H groups in total. The van der Waals surface area contributed by atoms with Gasteiger partial charge in [-0.25, -0.2) is 4.79 Å². The van der Waals surface area contributed by atoms with Gasteiger partial charge in [0.25, 0.3) is 5.91 Å². The molecule has 1 heterocycles. The number of nitrogens with zero attached hydrogens (tertiary/aromatic N) is 1. The van der Waals surface area contributed by atoms with Gasteiger partial charge in [-0.2, -0.15) is 0 Å². The number of carboxylic acid groups (broad SMARTS) is 1. The molecule has 3 rings (SSSR count). The van der Waals surface area contributed by atoms with E-state index in [1.165, 1.54) is 0 Å². The second-order valence-corrected chi connectivity index (χ2v) is 7.00. The molecule has 0 spiro atoms. The van der Waals surface area contributed by atoms with E-state index in [0.717, 1.165) is 18.4 Å². The number of piperidine rings is 1. The molecule has 2 amide bonds. The van der Waals surface area contributed by atoms with Crippen molar-refractivity contribution in [1.29, 1.82) is 0 Å². The van der Waals surface area contributed by atoms with Crippen molar-refractivity contribution in [3.8, 4) is 0 Å². The number of amides is 2. The van der Waals surface area contributed by atoms with E-state index in [1.54, 1.807) is 35.2 Å². The lowest BCUT2D eigenvalue weighted by Gasteiger charge is -2.32. The molecule has 2 aromatic carbocycles. The second-order valence-electron chi connectivity index (χ2n) is 7.00. The average Bonchev–Trinajstić information content (AvgIpc) is 2.74. The Balaban J connectivity index is 1.51. The molecule has 0 radical (unpaired) electrons. The molecule has 2 aromatic rings. The fraction of sp³-hybridized carbons (Fsp3) is 0.318. The monoisotopic (exact) mass is 380 g/mol. The van der Waals surface area contributed by atoms with E-state index < -0.39 is 5.97 Å². The van der Waals surface area contributed by atoms with Crippen LogP contribution in [0.15, 0.2) is 54.6 Å². The third-order valence-corrected chi connectivity index (χ3v) is 4.99. The fourth-order valence-electron chi connectivity index (χ4n) is 3.47. The summed E-state index contributed by atoms with van der Waals surface area (Å²) in [5.74, 6) is -1.27. The Kier molecular flexibility index (Phi) is 6.42. The normalized spacial score (nSPS) is 16.4. The zero-order valence-electron chi connectivity index (χ0n) is 15.6. The maximum absolute atomic E-state index is 12.6. The fourth-order valence-corrected chi connectivity index (χ4v) is 3.47. The summed E-state index contributed by atoms with van der Waals surface area (Å²) < 4.78 is 0. The number of carboxylic acids is 1. The summed E-state index contributed by atoms with van der Waals surface area (Å²) in [5, 5.41) is 12.0. The highest BCUT2D eigenvalue weighted by Crippen LogP contribution is 2.19. The van der Waals surface area contributed by atoms with Crippen LogP contribution in [0.5, 0.6) is 0 Å². The molecular weight excluding hydrogens is 356 g/mol. The van der Waals surface area contributed by atoms with Gasteiger partial charge in [0.15, 0.2) is 0 Å². The number of likely N-dealkylation sites (tertiary alicyclic amines) is 1. The van der Waals surface area contributed by atoms with Crippen LogP contribution in [0.25, 0.3) is 0 Å². The summed E-state index contributed by atoms with van der Waals surface area (Å²) in [6, 6.07) is 15.8. The third-order valence-electron chi connectivity index (χ3n) is 4.99. The van der Waals surface area contributed by atoms with Crippen LogP contribution in [0, 0.1) is 5.92 Å². The Bertz CT molecular complexity index is 851. The minimum Gasteiger partial charge on any atom is -0.478 e. The summed E-state index contributed by atoms with van der Waals surface area (Å²) in [5.41, 5.74) is 1.75. The van der Waals surface area contributed by atoms with Gasteiger partial charge in [0.05, 0.1) is 11.5 Å². The molecule has 1 saturated heterocycles. The molecule has 146 valence electrons. The lowest BCUT2D eigenvalue weighted by molar-refractivity contribution is -0.126. The molecule has 0 saturated carbocycles. The first-order valence-electron chi connectivity index (χ1n) is 9.49. The molecule has 0 aliphatic carbocycles. The van der Waals surface area contributed by atoms with E-state index >= 15 is 0 Å². The first kappa shape index (κ1) is 19.6. The summed E-state index contributed by atoms with van der Waals surface area (Å²) in [6.07, 6.45) is 2.13. The first-order chi connectivity index (χ1) is 13.5. The zero-order valence-corrected chi connectivity index (χ0v) is 15.6. The molecule has 1 atom stereocenters. The molecular formula is C22H24N2O4. The number of carbonyl (C=O) groups is 3. The Morgan fingerprint density at radius 2 is 1.79 bits per heavy atom. The molecule has 0 aromatic heterocycles. The topological polar surface area (TPSA) is 86.7 Å². The summed E-state index contributed by atoms with van der Waals surface area (Å²) in [7, 11) is 0. The molecule has 1 fully saturated rings. The minimum absolute atomic E-state index is 0.0383. The van der Waals surface area contributed by atoms with Crippen molar-refractivity contribution in [2.24, 2.45) is 5.92 Å². The highest BCUT2D eigenvalue weighted by molar-refractivity contribution is 5.94. The molecule has 1 aliphatic heterocycles. The van der Waals surface area contributed by atoms with Gasteiger partial charge in [-0.05, 0) is 49.1 Å². The third kappa shape index (κ3) is 4.97. The number of rotatable bonds is 6. The van der Waals surface area contributed by atoms with E-state index in [-0.39, 0.29) is 23.3 Å². The van der Waals surface area contributed by atoms with E-state index in [9.17, 15) is 14.4 Å². The maximum Gasteiger partial charge on any atom is 0.335 e. The number of nitrogens with one attached hydrogen (secondary N) is 1. The Morgan fingerprint density at radius 3 is 2.54 bits per heavy atom. The first-order valence-corrected chi connectivity index (χ1v) is 9.49. The highest BCUT2D eigenvalue weighted by atomic mass is 16.4. The van der Waals surface area contributed by atoms with Crippen molar-refractivity contribution in [1.82, 2.24) is 10.2 Å². The predicted molar refractivity (Wildman–Crippen MR) is 105 cm³/mol. The predicted octanol–water partition coefficient (Wildman–Crippen LogP) is 2.60. The van der Waals surface area contributed by atoms with E-state index in [4.69, 9.17) is 5.11 Å². The number of hydrogen-bond donors (Lipinski definition) is 2. The van der Waals surface area contributed by atoms with Crippen LogP contribution in [0.2, 0.25) is 0 Å². The quantitative estimate of drug-likeness (QED) is 0.806. The molecule has 0 bridgehead atoms. The van der Waals surface area contributed by atoms with Crippen molar-refractivity contribution in [2.75, 3.05) is 19.6 Å². The van der Waals surface area contributed by atoms with Crippen LogP contribution in [0.1, 0.15) is 39.1 Å². The summed E-state index contributed by atoms with van der Waals surface area (Å²) in [4.78, 5) is 37.9. The largest absolute Gasteiger partial charge is 0.478 e. The SMILES string of the molecule is O=C(O)c1cccc(CCNC(=O)C2CCCN(C(=O)c3ccccc3)C2)c1. The summed E-state index contributed by atoms with van der Waals surface area (Å²) >= 11 is 0.